The third-order valence-electron chi connectivity index (χ3n) is 2.29. The van der Waals surface area contributed by atoms with Crippen molar-refractivity contribution in [3.63, 3.8) is 0 Å². The van der Waals surface area contributed by atoms with E-state index < -0.39 is 12.7 Å². The van der Waals surface area contributed by atoms with Crippen molar-refractivity contribution in [1.29, 1.82) is 0 Å². The molecule has 0 aliphatic carbocycles. The second kappa shape index (κ2) is 5.91. The molecule has 0 amide bonds. The summed E-state index contributed by atoms with van der Waals surface area (Å²) in [6.07, 6.45) is -4.13. The third kappa shape index (κ3) is 6.16. The number of hydrogen-bond donors (Lipinski definition) is 1. The number of anilines is 1. The molecule has 0 saturated heterocycles. The molecule has 0 aromatic heterocycles. The van der Waals surface area contributed by atoms with Crippen LogP contribution in [0.1, 0.15) is 5.56 Å². The maximum absolute atomic E-state index is 12.0. The van der Waals surface area contributed by atoms with Crippen LogP contribution in [0.15, 0.2) is 24.3 Å². The summed E-state index contributed by atoms with van der Waals surface area (Å²) in [5.41, 5.74) is 2.06. The van der Waals surface area contributed by atoms with E-state index in [2.05, 4.69) is 5.32 Å². The molecule has 1 rings (SSSR count). The van der Waals surface area contributed by atoms with Gasteiger partial charge in [0.1, 0.15) is 0 Å². The molecule has 0 fully saturated rings. The van der Waals surface area contributed by atoms with Gasteiger partial charge in [0.25, 0.3) is 0 Å². The van der Waals surface area contributed by atoms with Crippen molar-refractivity contribution in [2.24, 2.45) is 0 Å². The Morgan fingerprint density at radius 2 is 2.00 bits per heavy atom. The maximum Gasteiger partial charge on any atom is 0.401 e. The summed E-state index contributed by atoms with van der Waals surface area (Å²) in [5.74, 6) is 0. The Morgan fingerprint density at radius 3 is 2.59 bits per heavy atom. The van der Waals surface area contributed by atoms with Crippen LogP contribution in [-0.2, 0) is 0 Å². The Labute approximate surface area is 99.4 Å². The normalized spacial score (nSPS) is 11.9. The zero-order valence-corrected chi connectivity index (χ0v) is 10.0. The van der Waals surface area contributed by atoms with Crippen LogP contribution in [0.2, 0.25) is 0 Å². The average Bonchev–Trinajstić information content (AvgIpc) is 2.14. The van der Waals surface area contributed by atoms with Crippen molar-refractivity contribution in [3.05, 3.63) is 29.8 Å². The molecule has 1 N–H and O–H groups in total. The summed E-state index contributed by atoms with van der Waals surface area (Å²) < 4.78 is 36.1. The van der Waals surface area contributed by atoms with Gasteiger partial charge in [0.05, 0.1) is 6.54 Å². The number of halogens is 3. The molecule has 17 heavy (non-hydrogen) atoms. The Kier molecular flexibility index (Phi) is 4.81. The minimum absolute atomic E-state index is 0.355. The molecule has 96 valence electrons. The minimum Gasteiger partial charge on any atom is -0.384 e. The van der Waals surface area contributed by atoms with Gasteiger partial charge in [-0.15, -0.1) is 0 Å². The van der Waals surface area contributed by atoms with Gasteiger partial charge in [0, 0.05) is 18.8 Å². The third-order valence-corrected chi connectivity index (χ3v) is 2.29. The monoisotopic (exact) mass is 246 g/mol. The molecule has 5 heteroatoms. The molecular weight excluding hydrogens is 229 g/mol. The fourth-order valence-electron chi connectivity index (χ4n) is 1.53. The van der Waals surface area contributed by atoms with Crippen LogP contribution < -0.4 is 5.32 Å². The second-order valence-corrected chi connectivity index (χ2v) is 4.15. The summed E-state index contributed by atoms with van der Waals surface area (Å²) in [5, 5.41) is 3.09. The Balaban J connectivity index is 2.28. The van der Waals surface area contributed by atoms with Gasteiger partial charge in [-0.25, -0.2) is 0 Å². The molecule has 1 aromatic carbocycles. The first kappa shape index (κ1) is 13.8. The SMILES string of the molecule is Cc1cccc(NCCN(C)CC(F)(F)F)c1. The highest BCUT2D eigenvalue weighted by Crippen LogP contribution is 2.15. The van der Waals surface area contributed by atoms with Crippen LogP contribution in [0.25, 0.3) is 0 Å². The van der Waals surface area contributed by atoms with E-state index in [1.165, 1.54) is 11.9 Å². The molecule has 0 bridgehead atoms. The topological polar surface area (TPSA) is 15.3 Å². The molecule has 0 saturated carbocycles. The van der Waals surface area contributed by atoms with E-state index in [0.717, 1.165) is 11.3 Å². The zero-order valence-electron chi connectivity index (χ0n) is 10.0. The first-order valence-corrected chi connectivity index (χ1v) is 5.43. The van der Waals surface area contributed by atoms with Crippen molar-refractivity contribution in [2.75, 3.05) is 32.0 Å². The van der Waals surface area contributed by atoms with Gasteiger partial charge < -0.3 is 5.32 Å². The molecule has 0 aliphatic rings. The van der Waals surface area contributed by atoms with E-state index in [0.29, 0.717) is 13.1 Å². The van der Waals surface area contributed by atoms with Crippen molar-refractivity contribution in [1.82, 2.24) is 4.90 Å². The van der Waals surface area contributed by atoms with Gasteiger partial charge in [0.2, 0.25) is 0 Å². The molecule has 0 aliphatic heterocycles. The van der Waals surface area contributed by atoms with Crippen LogP contribution in [0.4, 0.5) is 18.9 Å². The molecule has 2 nitrogen and oxygen atoms in total. The van der Waals surface area contributed by atoms with Crippen molar-refractivity contribution in [3.8, 4) is 0 Å². The van der Waals surface area contributed by atoms with Crippen LogP contribution in [0.3, 0.4) is 0 Å². The second-order valence-electron chi connectivity index (χ2n) is 4.15. The first-order valence-electron chi connectivity index (χ1n) is 5.43. The molecule has 0 unspecified atom stereocenters. The smallest absolute Gasteiger partial charge is 0.384 e. The number of rotatable bonds is 5. The largest absolute Gasteiger partial charge is 0.401 e. The number of nitrogens with zero attached hydrogens (tertiary/aromatic N) is 1. The summed E-state index contributed by atoms with van der Waals surface area (Å²) in [4.78, 5) is 1.25. The van der Waals surface area contributed by atoms with Gasteiger partial charge in [-0.2, -0.15) is 13.2 Å². The number of aryl methyl sites for hydroxylation is 1. The van der Waals surface area contributed by atoms with E-state index in [1.54, 1.807) is 0 Å². The van der Waals surface area contributed by atoms with Gasteiger partial charge in [-0.05, 0) is 31.7 Å². The lowest BCUT2D eigenvalue weighted by Gasteiger charge is -2.18. The predicted molar refractivity (Wildman–Crippen MR) is 63.2 cm³/mol. The quantitative estimate of drug-likeness (QED) is 0.859. The molecular formula is C12H17F3N2. The summed E-state index contributed by atoms with van der Waals surface area (Å²) in [7, 11) is 1.46. The summed E-state index contributed by atoms with van der Waals surface area (Å²) >= 11 is 0. The van der Waals surface area contributed by atoms with E-state index in [1.807, 2.05) is 31.2 Å². The molecule has 0 radical (unpaired) electrons. The molecule has 0 heterocycles. The van der Waals surface area contributed by atoms with E-state index in [-0.39, 0.29) is 0 Å². The van der Waals surface area contributed by atoms with Crippen LogP contribution in [-0.4, -0.2) is 37.8 Å². The molecule has 0 spiro atoms. The van der Waals surface area contributed by atoms with E-state index >= 15 is 0 Å². The number of hydrogen-bond acceptors (Lipinski definition) is 2. The lowest BCUT2D eigenvalue weighted by molar-refractivity contribution is -0.142. The Morgan fingerprint density at radius 1 is 1.29 bits per heavy atom. The standard InChI is InChI=1S/C12H17F3N2/c1-10-4-3-5-11(8-10)16-6-7-17(2)9-12(13,14)15/h3-5,8,16H,6-7,9H2,1-2H3. The first-order chi connectivity index (χ1) is 7.87. The lowest BCUT2D eigenvalue weighted by Crippen LogP contribution is -2.34. The highest BCUT2D eigenvalue weighted by molar-refractivity contribution is 5.45. The van der Waals surface area contributed by atoms with Gasteiger partial charge in [-0.1, -0.05) is 12.1 Å². The van der Waals surface area contributed by atoms with Crippen molar-refractivity contribution in [2.45, 2.75) is 13.1 Å². The Hall–Kier alpha value is -1.23. The summed E-state index contributed by atoms with van der Waals surface area (Å²) in [6.45, 7) is 1.95. The predicted octanol–water partition coefficient (Wildman–Crippen LogP) is 2.90. The van der Waals surface area contributed by atoms with Crippen LogP contribution in [0, 0.1) is 6.92 Å². The summed E-state index contributed by atoms with van der Waals surface area (Å²) in [6, 6.07) is 7.75. The number of benzene rings is 1. The number of nitrogens with one attached hydrogen (secondary N) is 1. The van der Waals surface area contributed by atoms with Crippen molar-refractivity contribution < 1.29 is 13.2 Å². The van der Waals surface area contributed by atoms with Crippen LogP contribution >= 0.6 is 0 Å². The average molecular weight is 246 g/mol. The number of alkyl halides is 3. The van der Waals surface area contributed by atoms with Crippen LogP contribution in [0.5, 0.6) is 0 Å². The zero-order chi connectivity index (χ0) is 12.9. The fraction of sp³-hybridized carbons (Fsp3) is 0.500. The minimum atomic E-state index is -4.13. The molecule has 0 atom stereocenters. The Bertz CT molecular complexity index is 350. The van der Waals surface area contributed by atoms with Gasteiger partial charge in [0.15, 0.2) is 0 Å². The highest BCUT2D eigenvalue weighted by atomic mass is 19.4. The molecule has 1 aromatic rings. The van der Waals surface area contributed by atoms with E-state index in [9.17, 15) is 13.2 Å². The van der Waals surface area contributed by atoms with Gasteiger partial charge >= 0.3 is 6.18 Å². The number of likely N-dealkylation sites (N-methyl/N-ethyl adjacent to an activating group) is 1. The van der Waals surface area contributed by atoms with E-state index in [4.69, 9.17) is 0 Å². The van der Waals surface area contributed by atoms with Gasteiger partial charge in [-0.3, -0.25) is 4.90 Å². The highest BCUT2D eigenvalue weighted by Gasteiger charge is 2.28. The maximum atomic E-state index is 12.0. The fourth-order valence-corrected chi connectivity index (χ4v) is 1.53. The van der Waals surface area contributed by atoms with Crippen molar-refractivity contribution >= 4 is 5.69 Å². The lowest BCUT2D eigenvalue weighted by atomic mass is 10.2.